The van der Waals surface area contributed by atoms with Crippen molar-refractivity contribution in [1.29, 1.82) is 0 Å². The van der Waals surface area contributed by atoms with E-state index in [1.807, 2.05) is 24.3 Å². The molecule has 0 aromatic heterocycles. The molecular formula is C24H27ClN4O3. The molecule has 32 heavy (non-hydrogen) atoms. The second kappa shape index (κ2) is 9.20. The first kappa shape index (κ1) is 22.1. The number of nitrogens with one attached hydrogen (secondary N) is 2. The Labute approximate surface area is 192 Å². The minimum absolute atomic E-state index is 0.359. The number of anilines is 2. The summed E-state index contributed by atoms with van der Waals surface area (Å²) < 4.78 is 0. The fourth-order valence-electron chi connectivity index (χ4n) is 4.25. The number of nitrogens with zero attached hydrogens (tertiary/aromatic N) is 2. The third kappa shape index (κ3) is 4.58. The fourth-order valence-corrected chi connectivity index (χ4v) is 4.37. The Morgan fingerprint density at radius 2 is 1.62 bits per heavy atom. The Kier molecular flexibility index (Phi) is 6.37. The average Bonchev–Trinajstić information content (AvgIpc) is 2.98. The molecule has 7 nitrogen and oxygen atoms in total. The maximum Gasteiger partial charge on any atom is 0.325 e. The quantitative estimate of drug-likeness (QED) is 0.665. The normalized spacial score (nSPS) is 21.3. The van der Waals surface area contributed by atoms with Gasteiger partial charge in [-0.05, 0) is 61.7 Å². The maximum absolute atomic E-state index is 13.0. The first-order valence-corrected chi connectivity index (χ1v) is 11.3. The molecule has 168 valence electrons. The van der Waals surface area contributed by atoms with Crippen molar-refractivity contribution < 1.29 is 14.4 Å². The Morgan fingerprint density at radius 3 is 2.25 bits per heavy atom. The van der Waals surface area contributed by atoms with E-state index in [0.717, 1.165) is 23.7 Å². The molecule has 0 radical (unpaired) electrons. The molecule has 2 fully saturated rings. The average molecular weight is 455 g/mol. The van der Waals surface area contributed by atoms with Crippen molar-refractivity contribution in [3.8, 4) is 0 Å². The SMILES string of the molecule is CC1(c2ccc(Cl)cc2)NC(=O)N(CC(=O)Nc2ccc(N3CCCCCC3)cc2)C1=O. The summed E-state index contributed by atoms with van der Waals surface area (Å²) in [7, 11) is 0. The second-order valence-electron chi connectivity index (χ2n) is 8.45. The van der Waals surface area contributed by atoms with Gasteiger partial charge < -0.3 is 15.5 Å². The molecule has 2 aliphatic rings. The van der Waals surface area contributed by atoms with Gasteiger partial charge in [-0.1, -0.05) is 36.6 Å². The van der Waals surface area contributed by atoms with E-state index in [2.05, 4.69) is 15.5 Å². The van der Waals surface area contributed by atoms with Crippen LogP contribution in [0.15, 0.2) is 48.5 Å². The van der Waals surface area contributed by atoms with Gasteiger partial charge in [-0.15, -0.1) is 0 Å². The molecule has 0 aliphatic carbocycles. The van der Waals surface area contributed by atoms with Gasteiger partial charge in [-0.2, -0.15) is 0 Å². The smallest absolute Gasteiger partial charge is 0.325 e. The topological polar surface area (TPSA) is 81.8 Å². The number of amides is 4. The molecule has 2 aromatic rings. The summed E-state index contributed by atoms with van der Waals surface area (Å²) in [4.78, 5) is 41.3. The third-order valence-corrected chi connectivity index (χ3v) is 6.37. The zero-order valence-electron chi connectivity index (χ0n) is 18.1. The molecule has 2 aliphatic heterocycles. The molecule has 2 heterocycles. The molecular weight excluding hydrogens is 428 g/mol. The summed E-state index contributed by atoms with van der Waals surface area (Å²) in [6.45, 7) is 3.35. The van der Waals surface area contributed by atoms with Gasteiger partial charge in [0.15, 0.2) is 0 Å². The Bertz CT molecular complexity index is 1000. The molecule has 4 amide bonds. The van der Waals surface area contributed by atoms with Crippen molar-refractivity contribution in [2.75, 3.05) is 29.9 Å². The molecule has 2 aromatic carbocycles. The Morgan fingerprint density at radius 1 is 1.00 bits per heavy atom. The van der Waals surface area contributed by atoms with Crippen molar-refractivity contribution in [3.05, 3.63) is 59.1 Å². The zero-order chi connectivity index (χ0) is 22.7. The highest BCUT2D eigenvalue weighted by Gasteiger charge is 2.49. The summed E-state index contributed by atoms with van der Waals surface area (Å²) in [6.07, 6.45) is 4.92. The standard InChI is InChI=1S/C24H27ClN4O3/c1-24(17-6-8-18(25)9-7-17)22(31)29(23(32)27-24)16-21(30)26-19-10-12-20(13-11-19)28-14-4-2-3-5-15-28/h6-13H,2-5,14-16H2,1H3,(H,26,30)(H,27,32). The summed E-state index contributed by atoms with van der Waals surface area (Å²) in [6, 6.07) is 13.8. The third-order valence-electron chi connectivity index (χ3n) is 6.12. The van der Waals surface area contributed by atoms with Gasteiger partial charge in [0.25, 0.3) is 5.91 Å². The number of carbonyl (C=O) groups excluding carboxylic acids is 3. The number of halogens is 1. The van der Waals surface area contributed by atoms with Crippen LogP contribution in [0.25, 0.3) is 0 Å². The lowest BCUT2D eigenvalue weighted by atomic mass is 9.92. The van der Waals surface area contributed by atoms with Crippen LogP contribution < -0.4 is 15.5 Å². The summed E-state index contributed by atoms with van der Waals surface area (Å²) >= 11 is 5.93. The van der Waals surface area contributed by atoms with Crippen LogP contribution in [0.1, 0.15) is 38.2 Å². The van der Waals surface area contributed by atoms with Crippen molar-refractivity contribution >= 4 is 40.8 Å². The van der Waals surface area contributed by atoms with Crippen molar-refractivity contribution in [2.45, 2.75) is 38.1 Å². The lowest BCUT2D eigenvalue weighted by Gasteiger charge is -2.23. The highest BCUT2D eigenvalue weighted by atomic mass is 35.5. The van der Waals surface area contributed by atoms with E-state index >= 15 is 0 Å². The maximum atomic E-state index is 13.0. The number of benzene rings is 2. The van der Waals surface area contributed by atoms with Gasteiger partial charge >= 0.3 is 6.03 Å². The predicted octanol–water partition coefficient (Wildman–Crippen LogP) is 4.13. The van der Waals surface area contributed by atoms with Crippen molar-refractivity contribution in [3.63, 3.8) is 0 Å². The van der Waals surface area contributed by atoms with E-state index in [0.29, 0.717) is 16.3 Å². The van der Waals surface area contributed by atoms with Crippen LogP contribution in [0, 0.1) is 0 Å². The van der Waals surface area contributed by atoms with E-state index in [-0.39, 0.29) is 6.54 Å². The van der Waals surface area contributed by atoms with E-state index in [1.165, 1.54) is 25.7 Å². The lowest BCUT2D eigenvalue weighted by molar-refractivity contribution is -0.133. The molecule has 0 spiro atoms. The van der Waals surface area contributed by atoms with E-state index < -0.39 is 23.4 Å². The van der Waals surface area contributed by atoms with Crippen LogP contribution in [-0.4, -0.2) is 42.4 Å². The zero-order valence-corrected chi connectivity index (χ0v) is 18.8. The summed E-state index contributed by atoms with van der Waals surface area (Å²) in [5.41, 5.74) is 1.13. The summed E-state index contributed by atoms with van der Waals surface area (Å²) in [5, 5.41) is 6.01. The molecule has 1 atom stereocenters. The van der Waals surface area contributed by atoms with E-state index in [4.69, 9.17) is 11.6 Å². The molecule has 8 heteroatoms. The van der Waals surface area contributed by atoms with Gasteiger partial charge in [0, 0.05) is 29.5 Å². The van der Waals surface area contributed by atoms with E-state index in [9.17, 15) is 14.4 Å². The number of carbonyl (C=O) groups is 3. The molecule has 0 saturated carbocycles. The van der Waals surface area contributed by atoms with Gasteiger partial charge in [-0.3, -0.25) is 14.5 Å². The van der Waals surface area contributed by atoms with Crippen molar-refractivity contribution in [2.24, 2.45) is 0 Å². The number of hydrogen-bond acceptors (Lipinski definition) is 4. The van der Waals surface area contributed by atoms with Crippen LogP contribution in [0.2, 0.25) is 5.02 Å². The van der Waals surface area contributed by atoms with Crippen LogP contribution in [0.5, 0.6) is 0 Å². The highest BCUT2D eigenvalue weighted by Crippen LogP contribution is 2.29. The first-order chi connectivity index (χ1) is 15.4. The van der Waals surface area contributed by atoms with Crippen LogP contribution in [-0.2, 0) is 15.1 Å². The molecule has 4 rings (SSSR count). The number of imide groups is 1. The van der Waals surface area contributed by atoms with Gasteiger partial charge in [0.2, 0.25) is 5.91 Å². The van der Waals surface area contributed by atoms with Gasteiger partial charge in [0.1, 0.15) is 12.1 Å². The highest BCUT2D eigenvalue weighted by molar-refractivity contribution is 6.30. The molecule has 0 bridgehead atoms. The first-order valence-electron chi connectivity index (χ1n) is 10.9. The van der Waals surface area contributed by atoms with Crippen molar-refractivity contribution in [1.82, 2.24) is 10.2 Å². The van der Waals surface area contributed by atoms with Crippen LogP contribution >= 0.6 is 11.6 Å². The lowest BCUT2D eigenvalue weighted by Crippen LogP contribution is -2.42. The molecule has 2 N–H and O–H groups in total. The largest absolute Gasteiger partial charge is 0.372 e. The van der Waals surface area contributed by atoms with Crippen LogP contribution in [0.3, 0.4) is 0 Å². The minimum atomic E-state index is -1.24. The number of rotatable bonds is 5. The van der Waals surface area contributed by atoms with Gasteiger partial charge in [0.05, 0.1) is 0 Å². The fraction of sp³-hybridized carbons (Fsp3) is 0.375. The Hall–Kier alpha value is -3.06. The minimum Gasteiger partial charge on any atom is -0.372 e. The monoisotopic (exact) mass is 454 g/mol. The molecule has 2 saturated heterocycles. The summed E-state index contributed by atoms with van der Waals surface area (Å²) in [5.74, 6) is -0.909. The van der Waals surface area contributed by atoms with Gasteiger partial charge in [-0.25, -0.2) is 4.79 Å². The Balaban J connectivity index is 1.39. The molecule has 1 unspecified atom stereocenters. The number of hydrogen-bond donors (Lipinski definition) is 2. The number of urea groups is 1. The van der Waals surface area contributed by atoms with E-state index in [1.54, 1.807) is 31.2 Å². The van der Waals surface area contributed by atoms with Crippen LogP contribution in [0.4, 0.5) is 16.2 Å². The predicted molar refractivity (Wildman–Crippen MR) is 125 cm³/mol. The second-order valence-corrected chi connectivity index (χ2v) is 8.89.